The predicted molar refractivity (Wildman–Crippen MR) is 89.6 cm³/mol. The highest BCUT2D eigenvalue weighted by Gasteiger charge is 2.20. The summed E-state index contributed by atoms with van der Waals surface area (Å²) in [5.74, 6) is 0.680. The zero-order chi connectivity index (χ0) is 14.4. The van der Waals surface area contributed by atoms with Crippen molar-refractivity contribution in [2.24, 2.45) is 0 Å². The average Bonchev–Trinajstić information content (AvgIpc) is 2.49. The molecule has 0 radical (unpaired) electrons. The van der Waals surface area contributed by atoms with Crippen LogP contribution in [-0.2, 0) is 4.79 Å². The van der Waals surface area contributed by atoms with Gasteiger partial charge in [0.1, 0.15) is 5.75 Å². The zero-order valence-corrected chi connectivity index (χ0v) is 14.1. The molecule has 0 aliphatic carbocycles. The molecular formula is C15H23ClN2O2S. The van der Waals surface area contributed by atoms with Crippen molar-refractivity contribution in [1.29, 1.82) is 0 Å². The molecule has 1 aromatic rings. The maximum absolute atomic E-state index is 12.1. The number of nitrogens with one attached hydrogen (secondary N) is 2. The number of carbonyl (C=O) groups is 1. The summed E-state index contributed by atoms with van der Waals surface area (Å²) in [7, 11) is 0. The molecule has 2 rings (SSSR count). The predicted octanol–water partition coefficient (Wildman–Crippen LogP) is 2.47. The molecule has 0 aromatic heterocycles. The van der Waals surface area contributed by atoms with E-state index in [1.54, 1.807) is 18.7 Å². The fourth-order valence-corrected chi connectivity index (χ4v) is 2.61. The van der Waals surface area contributed by atoms with E-state index in [4.69, 9.17) is 4.74 Å². The Morgan fingerprint density at radius 3 is 2.71 bits per heavy atom. The van der Waals surface area contributed by atoms with Gasteiger partial charge in [0.2, 0.25) is 0 Å². The Morgan fingerprint density at radius 1 is 1.43 bits per heavy atom. The van der Waals surface area contributed by atoms with E-state index in [-0.39, 0.29) is 24.4 Å². The van der Waals surface area contributed by atoms with Gasteiger partial charge < -0.3 is 15.4 Å². The van der Waals surface area contributed by atoms with Gasteiger partial charge in [0.25, 0.3) is 5.91 Å². The van der Waals surface area contributed by atoms with Crippen LogP contribution in [0.3, 0.4) is 0 Å². The van der Waals surface area contributed by atoms with Gasteiger partial charge in [-0.05, 0) is 56.8 Å². The number of hydrogen-bond donors (Lipinski definition) is 2. The average molecular weight is 331 g/mol. The molecule has 0 bridgehead atoms. The molecule has 118 valence electrons. The van der Waals surface area contributed by atoms with E-state index in [1.165, 1.54) is 4.90 Å². The molecule has 6 heteroatoms. The summed E-state index contributed by atoms with van der Waals surface area (Å²) in [6, 6.07) is 8.02. The monoisotopic (exact) mass is 330 g/mol. The first-order valence-electron chi connectivity index (χ1n) is 7.01. The number of hydrogen-bond acceptors (Lipinski definition) is 4. The van der Waals surface area contributed by atoms with Crippen LogP contribution in [0.2, 0.25) is 0 Å². The van der Waals surface area contributed by atoms with Crippen LogP contribution in [0.15, 0.2) is 29.2 Å². The Hall–Kier alpha value is -0.910. The third-order valence-electron chi connectivity index (χ3n) is 3.38. The summed E-state index contributed by atoms with van der Waals surface area (Å²) >= 11 is 1.68. The van der Waals surface area contributed by atoms with E-state index in [9.17, 15) is 4.79 Å². The summed E-state index contributed by atoms with van der Waals surface area (Å²) in [4.78, 5) is 13.3. The molecule has 4 nitrogen and oxygen atoms in total. The normalized spacial score (nSPS) is 19.2. The SMILES string of the molecule is CSc1ccc(OC(C)C(=O)N[C@H]2CCCNC2)cc1.Cl. The van der Waals surface area contributed by atoms with Gasteiger partial charge in [0, 0.05) is 17.5 Å². The lowest BCUT2D eigenvalue weighted by molar-refractivity contribution is -0.128. The van der Waals surface area contributed by atoms with E-state index in [0.29, 0.717) is 0 Å². The third kappa shape index (κ3) is 5.77. The number of carbonyl (C=O) groups excluding carboxylic acids is 1. The van der Waals surface area contributed by atoms with Gasteiger partial charge >= 0.3 is 0 Å². The smallest absolute Gasteiger partial charge is 0.261 e. The number of thioether (sulfide) groups is 1. The van der Waals surface area contributed by atoms with Crippen LogP contribution in [0, 0.1) is 0 Å². The van der Waals surface area contributed by atoms with Crippen molar-refractivity contribution in [3.8, 4) is 5.75 Å². The summed E-state index contributed by atoms with van der Waals surface area (Å²) in [6.45, 7) is 3.68. The van der Waals surface area contributed by atoms with Crippen molar-refractivity contribution in [2.45, 2.75) is 36.8 Å². The Labute approximate surface area is 136 Å². The largest absolute Gasteiger partial charge is 0.481 e. The summed E-state index contributed by atoms with van der Waals surface area (Å²) in [5.41, 5.74) is 0. The highest BCUT2D eigenvalue weighted by Crippen LogP contribution is 2.19. The van der Waals surface area contributed by atoms with Gasteiger partial charge in [-0.1, -0.05) is 0 Å². The molecule has 1 amide bonds. The van der Waals surface area contributed by atoms with Crippen molar-refractivity contribution >= 4 is 30.1 Å². The fraction of sp³-hybridized carbons (Fsp3) is 0.533. The minimum atomic E-state index is -0.475. The van der Waals surface area contributed by atoms with Crippen molar-refractivity contribution in [2.75, 3.05) is 19.3 Å². The molecule has 1 heterocycles. The number of halogens is 1. The number of benzene rings is 1. The maximum atomic E-state index is 12.1. The summed E-state index contributed by atoms with van der Waals surface area (Å²) in [5, 5.41) is 6.31. The number of amides is 1. The lowest BCUT2D eigenvalue weighted by Gasteiger charge is -2.25. The Balaban J connectivity index is 0.00000220. The first kappa shape index (κ1) is 18.1. The minimum Gasteiger partial charge on any atom is -0.481 e. The summed E-state index contributed by atoms with van der Waals surface area (Å²) in [6.07, 6.45) is 3.70. The van der Waals surface area contributed by atoms with Crippen LogP contribution >= 0.6 is 24.2 Å². The van der Waals surface area contributed by atoms with Crippen LogP contribution < -0.4 is 15.4 Å². The molecule has 1 aliphatic rings. The van der Waals surface area contributed by atoms with Crippen LogP contribution in [0.4, 0.5) is 0 Å². The second-order valence-corrected chi connectivity index (χ2v) is 5.87. The molecule has 1 unspecified atom stereocenters. The molecule has 0 spiro atoms. The lowest BCUT2D eigenvalue weighted by atomic mass is 10.1. The molecular weight excluding hydrogens is 308 g/mol. The second-order valence-electron chi connectivity index (χ2n) is 4.99. The van der Waals surface area contributed by atoms with E-state index < -0.39 is 6.10 Å². The maximum Gasteiger partial charge on any atom is 0.261 e. The topological polar surface area (TPSA) is 50.4 Å². The second kappa shape index (κ2) is 9.18. The molecule has 0 saturated carbocycles. The highest BCUT2D eigenvalue weighted by molar-refractivity contribution is 7.98. The van der Waals surface area contributed by atoms with Crippen LogP contribution in [0.5, 0.6) is 5.75 Å². The van der Waals surface area contributed by atoms with Crippen LogP contribution in [0.25, 0.3) is 0 Å². The number of rotatable bonds is 5. The van der Waals surface area contributed by atoms with Gasteiger partial charge in [-0.25, -0.2) is 0 Å². The summed E-state index contributed by atoms with van der Waals surface area (Å²) < 4.78 is 5.68. The number of piperidine rings is 1. The number of ether oxygens (including phenoxy) is 1. The van der Waals surface area contributed by atoms with Gasteiger partial charge in [0.15, 0.2) is 6.10 Å². The molecule has 2 N–H and O–H groups in total. The van der Waals surface area contributed by atoms with Crippen LogP contribution in [-0.4, -0.2) is 37.4 Å². The standard InChI is InChI=1S/C15H22N2O2S.ClH/c1-11(15(18)17-12-4-3-9-16-10-12)19-13-5-7-14(20-2)8-6-13;/h5-8,11-12,16H,3-4,9-10H2,1-2H3,(H,17,18);1H/t11?,12-;/m0./s1. The Morgan fingerprint density at radius 2 is 2.14 bits per heavy atom. The lowest BCUT2D eigenvalue weighted by Crippen LogP contribution is -2.49. The molecule has 1 saturated heterocycles. The van der Waals surface area contributed by atoms with E-state index in [0.717, 1.165) is 31.7 Å². The van der Waals surface area contributed by atoms with Gasteiger partial charge in [0.05, 0.1) is 0 Å². The third-order valence-corrected chi connectivity index (χ3v) is 4.13. The van der Waals surface area contributed by atoms with E-state index >= 15 is 0 Å². The van der Waals surface area contributed by atoms with Crippen molar-refractivity contribution < 1.29 is 9.53 Å². The highest BCUT2D eigenvalue weighted by atomic mass is 35.5. The first-order chi connectivity index (χ1) is 9.69. The van der Waals surface area contributed by atoms with Crippen molar-refractivity contribution in [1.82, 2.24) is 10.6 Å². The quantitative estimate of drug-likeness (QED) is 0.814. The molecule has 2 atom stereocenters. The first-order valence-corrected chi connectivity index (χ1v) is 8.23. The van der Waals surface area contributed by atoms with Gasteiger partial charge in [-0.15, -0.1) is 24.2 Å². The van der Waals surface area contributed by atoms with E-state index in [2.05, 4.69) is 10.6 Å². The molecule has 1 aromatic carbocycles. The Bertz CT molecular complexity index is 436. The molecule has 21 heavy (non-hydrogen) atoms. The molecule has 1 fully saturated rings. The van der Waals surface area contributed by atoms with Crippen molar-refractivity contribution in [3.05, 3.63) is 24.3 Å². The van der Waals surface area contributed by atoms with Gasteiger partial charge in [-0.2, -0.15) is 0 Å². The van der Waals surface area contributed by atoms with Gasteiger partial charge in [-0.3, -0.25) is 4.79 Å². The van der Waals surface area contributed by atoms with Crippen molar-refractivity contribution in [3.63, 3.8) is 0 Å². The van der Waals surface area contributed by atoms with Crippen LogP contribution in [0.1, 0.15) is 19.8 Å². The Kier molecular flexibility index (Phi) is 7.93. The molecule has 1 aliphatic heterocycles. The fourth-order valence-electron chi connectivity index (χ4n) is 2.21. The van der Waals surface area contributed by atoms with E-state index in [1.807, 2.05) is 30.5 Å². The minimum absolute atomic E-state index is 0. The zero-order valence-electron chi connectivity index (χ0n) is 12.4.